The molecule has 17 heavy (non-hydrogen) atoms. The average Bonchev–Trinajstić information content (AvgIpc) is 2.30. The molecule has 0 saturated heterocycles. The molecule has 0 heterocycles. The largest absolute Gasteiger partial charge is 0.487 e. The molecule has 1 saturated carbocycles. The number of Topliss-reactive ketones (excluding diaryl/α,β-unsaturated/α-hetero) is 1. The highest BCUT2D eigenvalue weighted by molar-refractivity contribution is 6.42. The molecule has 0 aliphatic heterocycles. The lowest BCUT2D eigenvalue weighted by atomic mass is 9.90. The van der Waals surface area contributed by atoms with Crippen LogP contribution in [0.4, 0.5) is 0 Å². The van der Waals surface area contributed by atoms with E-state index in [1.807, 2.05) is 6.92 Å². The van der Waals surface area contributed by atoms with Gasteiger partial charge in [0, 0.05) is 19.1 Å². The lowest BCUT2D eigenvalue weighted by Crippen LogP contribution is -2.52. The van der Waals surface area contributed by atoms with Crippen LogP contribution >= 0.6 is 23.2 Å². The lowest BCUT2D eigenvalue weighted by molar-refractivity contribution is -0.154. The molecule has 1 aromatic rings. The minimum absolute atomic E-state index is 0.0805. The smallest absolute Gasteiger partial charge is 0.169 e. The Morgan fingerprint density at radius 1 is 1.35 bits per heavy atom. The monoisotopic (exact) mass is 274 g/mol. The van der Waals surface area contributed by atoms with E-state index in [2.05, 4.69) is 0 Å². The van der Waals surface area contributed by atoms with Gasteiger partial charge in [-0.1, -0.05) is 23.2 Å². The van der Waals surface area contributed by atoms with Gasteiger partial charge >= 0.3 is 0 Å². The van der Waals surface area contributed by atoms with E-state index in [-0.39, 0.29) is 11.9 Å². The van der Waals surface area contributed by atoms with Crippen molar-refractivity contribution in [3.63, 3.8) is 0 Å². The van der Waals surface area contributed by atoms with E-state index in [1.165, 1.54) is 0 Å². The molecule has 1 fully saturated rings. The third-order valence-corrected chi connectivity index (χ3v) is 3.32. The molecule has 5 heteroatoms. The summed E-state index contributed by atoms with van der Waals surface area (Å²) in [4.78, 5) is 11.3. The minimum atomic E-state index is -0.450. The van der Waals surface area contributed by atoms with E-state index in [9.17, 15) is 4.79 Å². The number of ketones is 1. The van der Waals surface area contributed by atoms with Gasteiger partial charge in [0.15, 0.2) is 11.9 Å². The van der Waals surface area contributed by atoms with Crippen molar-refractivity contribution in [1.29, 1.82) is 0 Å². The maximum atomic E-state index is 11.3. The number of hydrogen-bond donors (Lipinski definition) is 0. The van der Waals surface area contributed by atoms with Crippen LogP contribution in [0.1, 0.15) is 13.3 Å². The first-order chi connectivity index (χ1) is 8.11. The molecule has 1 aliphatic rings. The van der Waals surface area contributed by atoms with Crippen molar-refractivity contribution in [3.05, 3.63) is 28.2 Å². The van der Waals surface area contributed by atoms with Gasteiger partial charge in [0.05, 0.1) is 10.0 Å². The quantitative estimate of drug-likeness (QED) is 0.846. The zero-order valence-electron chi connectivity index (χ0n) is 9.28. The molecule has 0 spiro atoms. The fourth-order valence-electron chi connectivity index (χ4n) is 1.68. The van der Waals surface area contributed by atoms with Crippen molar-refractivity contribution in [1.82, 2.24) is 0 Å². The molecule has 3 nitrogen and oxygen atoms in total. The molecule has 0 N–H and O–H groups in total. The summed E-state index contributed by atoms with van der Waals surface area (Å²) in [5.74, 6) is 0.679. The second-order valence-electron chi connectivity index (χ2n) is 3.78. The molecule has 92 valence electrons. The Bertz CT molecular complexity index is 434. The third kappa shape index (κ3) is 2.73. The van der Waals surface area contributed by atoms with Crippen LogP contribution in [0.5, 0.6) is 5.75 Å². The molecule has 0 radical (unpaired) electrons. The van der Waals surface area contributed by atoms with Crippen LogP contribution in [0.2, 0.25) is 10.0 Å². The number of carbonyl (C=O) groups is 1. The van der Waals surface area contributed by atoms with Gasteiger partial charge in [-0.25, -0.2) is 0 Å². The molecular weight excluding hydrogens is 263 g/mol. The zero-order chi connectivity index (χ0) is 12.4. The third-order valence-electron chi connectivity index (χ3n) is 2.58. The fraction of sp³-hybridized carbons (Fsp3) is 0.417. The first kappa shape index (κ1) is 12.7. The molecule has 0 bridgehead atoms. The van der Waals surface area contributed by atoms with Crippen molar-refractivity contribution in [2.75, 3.05) is 6.61 Å². The van der Waals surface area contributed by atoms with Gasteiger partial charge < -0.3 is 9.47 Å². The molecule has 2 atom stereocenters. The van der Waals surface area contributed by atoms with E-state index in [0.29, 0.717) is 28.8 Å². The van der Waals surface area contributed by atoms with Gasteiger partial charge in [-0.05, 0) is 19.1 Å². The van der Waals surface area contributed by atoms with Gasteiger partial charge in [-0.15, -0.1) is 0 Å². The Labute approximate surface area is 110 Å². The van der Waals surface area contributed by atoms with Gasteiger partial charge in [0.1, 0.15) is 11.9 Å². The van der Waals surface area contributed by atoms with Crippen LogP contribution in [0.15, 0.2) is 18.2 Å². The van der Waals surface area contributed by atoms with Gasteiger partial charge in [0.25, 0.3) is 0 Å². The lowest BCUT2D eigenvalue weighted by Gasteiger charge is -2.34. The molecule has 0 aromatic heterocycles. The second kappa shape index (κ2) is 5.25. The van der Waals surface area contributed by atoms with Crippen LogP contribution in [0, 0.1) is 0 Å². The average molecular weight is 275 g/mol. The van der Waals surface area contributed by atoms with Crippen LogP contribution in [0.25, 0.3) is 0 Å². The number of benzene rings is 1. The summed E-state index contributed by atoms with van der Waals surface area (Å²) in [7, 11) is 0. The van der Waals surface area contributed by atoms with Gasteiger partial charge in [0.2, 0.25) is 0 Å². The standard InChI is InChI=1S/C12H12Cl2O3/c1-2-16-12-10(15)6-11(12)17-7-3-4-8(13)9(14)5-7/h3-5,11-12H,2,6H2,1H3. The van der Waals surface area contributed by atoms with E-state index in [0.717, 1.165) is 0 Å². The van der Waals surface area contributed by atoms with Crippen molar-refractivity contribution in [3.8, 4) is 5.75 Å². The molecule has 1 aliphatic carbocycles. The van der Waals surface area contributed by atoms with E-state index in [1.54, 1.807) is 18.2 Å². The summed E-state index contributed by atoms with van der Waals surface area (Å²) >= 11 is 11.7. The predicted molar refractivity (Wildman–Crippen MR) is 65.9 cm³/mol. The zero-order valence-corrected chi connectivity index (χ0v) is 10.8. The topological polar surface area (TPSA) is 35.5 Å². The highest BCUT2D eigenvalue weighted by Gasteiger charge is 2.42. The molecule has 0 amide bonds. The second-order valence-corrected chi connectivity index (χ2v) is 4.59. The SMILES string of the molecule is CCOC1C(=O)CC1Oc1ccc(Cl)c(Cl)c1. The molecule has 2 unspecified atom stereocenters. The summed E-state index contributed by atoms with van der Waals surface area (Å²) in [6.07, 6.45) is -0.292. The number of halogens is 2. The van der Waals surface area contributed by atoms with Crippen LogP contribution in [-0.4, -0.2) is 24.6 Å². The number of rotatable bonds is 4. The summed E-state index contributed by atoms with van der Waals surface area (Å²) < 4.78 is 10.9. The Balaban J connectivity index is 2.01. The van der Waals surface area contributed by atoms with Crippen molar-refractivity contribution in [2.24, 2.45) is 0 Å². The van der Waals surface area contributed by atoms with Crippen molar-refractivity contribution >= 4 is 29.0 Å². The van der Waals surface area contributed by atoms with Crippen LogP contribution in [0.3, 0.4) is 0 Å². The van der Waals surface area contributed by atoms with Gasteiger partial charge in [-0.2, -0.15) is 0 Å². The maximum Gasteiger partial charge on any atom is 0.169 e. The Morgan fingerprint density at radius 3 is 2.71 bits per heavy atom. The highest BCUT2D eigenvalue weighted by atomic mass is 35.5. The predicted octanol–water partition coefficient (Wildman–Crippen LogP) is 3.12. The normalized spacial score (nSPS) is 23.4. The van der Waals surface area contributed by atoms with Crippen LogP contribution < -0.4 is 4.74 Å². The van der Waals surface area contributed by atoms with Crippen molar-refractivity contribution < 1.29 is 14.3 Å². The Morgan fingerprint density at radius 2 is 2.12 bits per heavy atom. The molecule has 1 aromatic carbocycles. The first-order valence-corrected chi connectivity index (χ1v) is 6.13. The number of ether oxygens (including phenoxy) is 2. The number of carbonyl (C=O) groups excluding carboxylic acids is 1. The van der Waals surface area contributed by atoms with E-state index < -0.39 is 6.10 Å². The van der Waals surface area contributed by atoms with Crippen LogP contribution in [-0.2, 0) is 9.53 Å². The summed E-state index contributed by atoms with van der Waals surface area (Å²) in [5.41, 5.74) is 0. The van der Waals surface area contributed by atoms with E-state index in [4.69, 9.17) is 32.7 Å². The fourth-order valence-corrected chi connectivity index (χ4v) is 1.96. The summed E-state index contributed by atoms with van der Waals surface area (Å²) in [6, 6.07) is 5.02. The van der Waals surface area contributed by atoms with Crippen molar-refractivity contribution in [2.45, 2.75) is 25.6 Å². The Kier molecular flexibility index (Phi) is 3.92. The number of hydrogen-bond acceptors (Lipinski definition) is 3. The first-order valence-electron chi connectivity index (χ1n) is 5.38. The highest BCUT2D eigenvalue weighted by Crippen LogP contribution is 2.30. The Hall–Kier alpha value is -0.770. The minimum Gasteiger partial charge on any atom is -0.487 e. The molecular formula is C12H12Cl2O3. The summed E-state index contributed by atoms with van der Waals surface area (Å²) in [6.45, 7) is 2.35. The van der Waals surface area contributed by atoms with E-state index >= 15 is 0 Å². The summed E-state index contributed by atoms with van der Waals surface area (Å²) in [5, 5.41) is 0.910. The van der Waals surface area contributed by atoms with Gasteiger partial charge in [-0.3, -0.25) is 4.79 Å². The maximum absolute atomic E-state index is 11.3. The molecule has 2 rings (SSSR count).